The second-order valence-corrected chi connectivity index (χ2v) is 5.56. The summed E-state index contributed by atoms with van der Waals surface area (Å²) in [4.78, 5) is 12.0. The summed E-state index contributed by atoms with van der Waals surface area (Å²) < 4.78 is 11.4. The summed E-state index contributed by atoms with van der Waals surface area (Å²) in [6.45, 7) is 8.32. The highest BCUT2D eigenvalue weighted by Crippen LogP contribution is 2.23. The van der Waals surface area contributed by atoms with E-state index < -0.39 is 0 Å². The van der Waals surface area contributed by atoms with E-state index in [9.17, 15) is 4.79 Å². The lowest BCUT2D eigenvalue weighted by atomic mass is 10.1. The van der Waals surface area contributed by atoms with Crippen LogP contribution in [0.15, 0.2) is 34.7 Å². The minimum Gasteiger partial charge on any atom is -0.485 e. The van der Waals surface area contributed by atoms with Crippen LogP contribution in [0, 0.1) is 13.8 Å². The average molecular weight is 301 g/mol. The summed E-state index contributed by atoms with van der Waals surface area (Å²) in [6, 6.07) is 9.61. The van der Waals surface area contributed by atoms with Crippen molar-refractivity contribution in [1.29, 1.82) is 0 Å². The molecule has 0 spiro atoms. The van der Waals surface area contributed by atoms with Crippen molar-refractivity contribution in [3.05, 3.63) is 53.0 Å². The molecule has 1 unspecified atom stereocenters. The van der Waals surface area contributed by atoms with Crippen LogP contribution in [0.5, 0.6) is 5.75 Å². The molecule has 0 saturated heterocycles. The third-order valence-electron chi connectivity index (χ3n) is 3.64. The SMILES string of the molecule is CCC(C)NC(=O)c1ccc(COc2c(C)cccc2C)o1. The van der Waals surface area contributed by atoms with Gasteiger partial charge in [-0.2, -0.15) is 0 Å². The van der Waals surface area contributed by atoms with E-state index in [4.69, 9.17) is 9.15 Å². The van der Waals surface area contributed by atoms with Crippen molar-refractivity contribution in [2.24, 2.45) is 0 Å². The van der Waals surface area contributed by atoms with Crippen molar-refractivity contribution in [2.45, 2.75) is 46.8 Å². The van der Waals surface area contributed by atoms with E-state index in [1.54, 1.807) is 12.1 Å². The molecule has 1 N–H and O–H groups in total. The number of rotatable bonds is 6. The fraction of sp³-hybridized carbons (Fsp3) is 0.389. The molecule has 1 atom stereocenters. The number of nitrogens with one attached hydrogen (secondary N) is 1. The molecular formula is C18H23NO3. The van der Waals surface area contributed by atoms with E-state index in [-0.39, 0.29) is 11.9 Å². The highest BCUT2D eigenvalue weighted by molar-refractivity contribution is 5.91. The first-order chi connectivity index (χ1) is 10.5. The van der Waals surface area contributed by atoms with Gasteiger partial charge in [0.15, 0.2) is 5.76 Å². The standard InChI is InChI=1S/C18H23NO3/c1-5-14(4)19-18(20)16-10-9-15(22-16)11-21-17-12(2)7-6-8-13(17)3/h6-10,14H,5,11H2,1-4H3,(H,19,20). The first-order valence-electron chi connectivity index (χ1n) is 7.59. The maximum atomic E-state index is 12.0. The molecule has 2 aromatic rings. The van der Waals surface area contributed by atoms with Gasteiger partial charge in [-0.25, -0.2) is 0 Å². The number of amides is 1. The molecule has 1 aromatic heterocycles. The number of carbonyl (C=O) groups excluding carboxylic acids is 1. The van der Waals surface area contributed by atoms with E-state index in [1.165, 1.54) is 0 Å². The Hall–Kier alpha value is -2.23. The first-order valence-corrected chi connectivity index (χ1v) is 7.59. The maximum Gasteiger partial charge on any atom is 0.287 e. The Morgan fingerprint density at radius 3 is 2.55 bits per heavy atom. The van der Waals surface area contributed by atoms with Crippen LogP contribution >= 0.6 is 0 Å². The van der Waals surface area contributed by atoms with Gasteiger partial charge in [-0.1, -0.05) is 25.1 Å². The number of benzene rings is 1. The normalized spacial score (nSPS) is 12.0. The molecule has 118 valence electrons. The molecule has 0 radical (unpaired) electrons. The van der Waals surface area contributed by atoms with Crippen LogP contribution < -0.4 is 10.1 Å². The van der Waals surface area contributed by atoms with Gasteiger partial charge >= 0.3 is 0 Å². The van der Waals surface area contributed by atoms with Crippen LogP contribution in [0.4, 0.5) is 0 Å². The number of hydrogen-bond donors (Lipinski definition) is 1. The molecule has 0 fully saturated rings. The van der Waals surface area contributed by atoms with Crippen molar-refractivity contribution in [3.63, 3.8) is 0 Å². The lowest BCUT2D eigenvalue weighted by Crippen LogP contribution is -2.31. The topological polar surface area (TPSA) is 51.5 Å². The third-order valence-corrected chi connectivity index (χ3v) is 3.64. The zero-order valence-corrected chi connectivity index (χ0v) is 13.6. The van der Waals surface area contributed by atoms with Gasteiger partial charge in [-0.15, -0.1) is 0 Å². The summed E-state index contributed by atoms with van der Waals surface area (Å²) in [5.74, 6) is 1.63. The van der Waals surface area contributed by atoms with E-state index in [1.807, 2.05) is 45.9 Å². The minimum atomic E-state index is -0.187. The summed E-state index contributed by atoms with van der Waals surface area (Å²) in [5, 5.41) is 2.88. The van der Waals surface area contributed by atoms with Crippen LogP contribution in [0.1, 0.15) is 47.7 Å². The summed E-state index contributed by atoms with van der Waals surface area (Å²) in [7, 11) is 0. The zero-order valence-electron chi connectivity index (χ0n) is 13.6. The second-order valence-electron chi connectivity index (χ2n) is 5.56. The largest absolute Gasteiger partial charge is 0.485 e. The number of furan rings is 1. The van der Waals surface area contributed by atoms with Crippen LogP contribution in [0.25, 0.3) is 0 Å². The maximum absolute atomic E-state index is 12.0. The second kappa shape index (κ2) is 7.16. The molecule has 0 saturated carbocycles. The smallest absolute Gasteiger partial charge is 0.287 e. The highest BCUT2D eigenvalue weighted by atomic mass is 16.5. The van der Waals surface area contributed by atoms with Crippen LogP contribution in [-0.4, -0.2) is 11.9 Å². The molecule has 0 aliphatic carbocycles. The molecule has 1 aromatic carbocycles. The molecular weight excluding hydrogens is 278 g/mol. The molecule has 0 aliphatic rings. The highest BCUT2D eigenvalue weighted by Gasteiger charge is 2.13. The molecule has 22 heavy (non-hydrogen) atoms. The zero-order chi connectivity index (χ0) is 16.1. The minimum absolute atomic E-state index is 0.131. The van der Waals surface area contributed by atoms with Crippen LogP contribution in [-0.2, 0) is 6.61 Å². The monoisotopic (exact) mass is 301 g/mol. The van der Waals surface area contributed by atoms with E-state index in [0.29, 0.717) is 18.1 Å². The molecule has 1 amide bonds. The molecule has 4 nitrogen and oxygen atoms in total. The third kappa shape index (κ3) is 3.91. The summed E-state index contributed by atoms with van der Waals surface area (Å²) in [6.07, 6.45) is 0.884. The first kappa shape index (κ1) is 16.1. The van der Waals surface area contributed by atoms with Crippen molar-refractivity contribution in [2.75, 3.05) is 0 Å². The lowest BCUT2D eigenvalue weighted by molar-refractivity contribution is 0.0907. The van der Waals surface area contributed by atoms with Gasteiger partial charge in [0.05, 0.1) is 0 Å². The summed E-state index contributed by atoms with van der Waals surface area (Å²) in [5.41, 5.74) is 2.17. The van der Waals surface area contributed by atoms with E-state index in [2.05, 4.69) is 5.32 Å². The Balaban J connectivity index is 1.99. The van der Waals surface area contributed by atoms with Gasteiger partial charge in [-0.05, 0) is 50.5 Å². The fourth-order valence-electron chi connectivity index (χ4n) is 2.14. The quantitative estimate of drug-likeness (QED) is 0.877. The van der Waals surface area contributed by atoms with Gasteiger partial charge in [0.1, 0.15) is 18.1 Å². The van der Waals surface area contributed by atoms with Crippen LogP contribution in [0.2, 0.25) is 0 Å². The van der Waals surface area contributed by atoms with Crippen molar-refractivity contribution < 1.29 is 13.9 Å². The van der Waals surface area contributed by atoms with E-state index >= 15 is 0 Å². The molecule has 1 heterocycles. The van der Waals surface area contributed by atoms with Crippen LogP contribution in [0.3, 0.4) is 0 Å². The van der Waals surface area contributed by atoms with E-state index in [0.717, 1.165) is 23.3 Å². The van der Waals surface area contributed by atoms with Gasteiger partial charge in [0, 0.05) is 6.04 Å². The number of ether oxygens (including phenoxy) is 1. The number of hydrogen-bond acceptors (Lipinski definition) is 3. The van der Waals surface area contributed by atoms with Gasteiger partial charge in [0.25, 0.3) is 5.91 Å². The number of para-hydroxylation sites is 1. The Kier molecular flexibility index (Phi) is 5.26. The Morgan fingerprint density at radius 1 is 1.23 bits per heavy atom. The lowest BCUT2D eigenvalue weighted by Gasteiger charge is -2.11. The van der Waals surface area contributed by atoms with Gasteiger partial charge in [-0.3, -0.25) is 4.79 Å². The number of carbonyl (C=O) groups is 1. The average Bonchev–Trinajstić information content (AvgIpc) is 2.95. The van der Waals surface area contributed by atoms with Crippen molar-refractivity contribution in [3.8, 4) is 5.75 Å². The number of aryl methyl sites for hydroxylation is 2. The molecule has 4 heteroatoms. The van der Waals surface area contributed by atoms with Crippen molar-refractivity contribution in [1.82, 2.24) is 5.32 Å². The molecule has 0 aliphatic heterocycles. The Morgan fingerprint density at radius 2 is 1.91 bits per heavy atom. The molecule has 2 rings (SSSR count). The van der Waals surface area contributed by atoms with Gasteiger partial charge < -0.3 is 14.5 Å². The predicted molar refractivity (Wildman–Crippen MR) is 86.2 cm³/mol. The Bertz CT molecular complexity index is 625. The van der Waals surface area contributed by atoms with Gasteiger partial charge in [0.2, 0.25) is 0 Å². The fourth-order valence-corrected chi connectivity index (χ4v) is 2.14. The van der Waals surface area contributed by atoms with Crippen molar-refractivity contribution >= 4 is 5.91 Å². The molecule has 0 bridgehead atoms. The summed E-state index contributed by atoms with van der Waals surface area (Å²) >= 11 is 0. The predicted octanol–water partition coefficient (Wildman–Crippen LogP) is 4.00. The Labute approximate surface area is 131 Å².